The van der Waals surface area contributed by atoms with Crippen LogP contribution in [-0.2, 0) is 9.53 Å². The molecule has 8 aromatic rings. The van der Waals surface area contributed by atoms with Gasteiger partial charge in [-0.05, 0) is 129 Å². The number of esters is 1. The predicted octanol–water partition coefficient (Wildman–Crippen LogP) is 14.0. The summed E-state index contributed by atoms with van der Waals surface area (Å²) >= 11 is 4.80. The Kier molecular flexibility index (Phi) is 12.0. The van der Waals surface area contributed by atoms with Gasteiger partial charge in [-0.2, -0.15) is 8.75 Å². The van der Waals surface area contributed by atoms with Crippen LogP contribution in [0.5, 0.6) is 5.75 Å². The Morgan fingerprint density at radius 1 is 0.561 bits per heavy atom. The van der Waals surface area contributed by atoms with Gasteiger partial charge in [0.2, 0.25) is 0 Å². The summed E-state index contributed by atoms with van der Waals surface area (Å²) in [5.74, 6) is 0.547. The molecule has 0 aliphatic rings. The second-order valence-corrected chi connectivity index (χ2v) is 16.4. The van der Waals surface area contributed by atoms with Crippen LogP contribution in [0.3, 0.4) is 0 Å². The number of nitrogens with zero attached hydrogens (tertiary/aromatic N) is 3. The van der Waals surface area contributed by atoms with E-state index >= 15 is 0 Å². The first-order valence-corrected chi connectivity index (χ1v) is 21.4. The molecule has 0 saturated carbocycles. The van der Waals surface area contributed by atoms with Gasteiger partial charge in [-0.3, -0.25) is 0 Å². The molecule has 0 radical (unpaired) electrons. The molecule has 6 nitrogen and oxygen atoms in total. The zero-order valence-corrected chi connectivity index (χ0v) is 34.0. The number of thiophene rings is 2. The minimum atomic E-state index is -0.317. The molecule has 0 spiro atoms. The van der Waals surface area contributed by atoms with Crippen LogP contribution in [0.4, 0.5) is 17.1 Å². The molecule has 0 unspecified atom stereocenters. The molecule has 57 heavy (non-hydrogen) atoms. The highest BCUT2D eigenvalue weighted by molar-refractivity contribution is 7.19. The second kappa shape index (κ2) is 17.9. The summed E-state index contributed by atoms with van der Waals surface area (Å²) in [5.41, 5.74) is 10.2. The Morgan fingerprint density at radius 3 is 1.56 bits per heavy atom. The predicted molar refractivity (Wildman–Crippen MR) is 239 cm³/mol. The van der Waals surface area contributed by atoms with Crippen molar-refractivity contribution in [3.8, 4) is 47.5 Å². The van der Waals surface area contributed by atoms with Crippen molar-refractivity contribution in [2.75, 3.05) is 18.1 Å². The lowest BCUT2D eigenvalue weighted by molar-refractivity contribution is -0.139. The number of ether oxygens (including phenoxy) is 2. The van der Waals surface area contributed by atoms with Crippen molar-refractivity contribution >= 4 is 68.5 Å². The van der Waals surface area contributed by atoms with Crippen LogP contribution in [0, 0.1) is 0 Å². The van der Waals surface area contributed by atoms with Crippen molar-refractivity contribution in [2.24, 2.45) is 0 Å². The maximum Gasteiger partial charge on any atom is 0.333 e. The first-order chi connectivity index (χ1) is 28.0. The van der Waals surface area contributed by atoms with Gasteiger partial charge in [-0.25, -0.2) is 4.79 Å². The number of hydrogen-bond donors (Lipinski definition) is 0. The van der Waals surface area contributed by atoms with Crippen molar-refractivity contribution < 1.29 is 14.3 Å². The minimum absolute atomic E-state index is 0.317. The third-order valence-electron chi connectivity index (χ3n) is 9.63. The lowest BCUT2D eigenvalue weighted by Crippen LogP contribution is -2.09. The topological polar surface area (TPSA) is 64.6 Å². The fourth-order valence-electron chi connectivity index (χ4n) is 6.67. The molecule has 0 aliphatic heterocycles. The fourth-order valence-corrected chi connectivity index (χ4v) is 9.32. The molecule has 0 amide bonds. The van der Waals surface area contributed by atoms with E-state index in [0.717, 1.165) is 81.1 Å². The molecule has 5 aromatic carbocycles. The Morgan fingerprint density at radius 2 is 1.04 bits per heavy atom. The highest BCUT2D eigenvalue weighted by Crippen LogP contribution is 2.43. The summed E-state index contributed by atoms with van der Waals surface area (Å²) in [6.45, 7) is 6.36. The largest absolute Gasteiger partial charge is 0.494 e. The van der Waals surface area contributed by atoms with Crippen LogP contribution >= 0.6 is 34.4 Å². The minimum Gasteiger partial charge on any atom is -0.494 e. The van der Waals surface area contributed by atoms with Crippen LogP contribution in [0.2, 0.25) is 0 Å². The average molecular weight is 804 g/mol. The number of unbranched alkanes of at least 4 members (excludes halogenated alkanes) is 3. The molecule has 3 heterocycles. The van der Waals surface area contributed by atoms with Crippen LogP contribution < -0.4 is 9.64 Å². The van der Waals surface area contributed by atoms with Crippen molar-refractivity contribution in [3.05, 3.63) is 158 Å². The molecule has 284 valence electrons. The van der Waals surface area contributed by atoms with E-state index in [1.165, 1.54) is 31.9 Å². The van der Waals surface area contributed by atoms with Crippen LogP contribution in [-0.4, -0.2) is 27.9 Å². The number of fused-ring (bicyclic) bond motifs is 1. The van der Waals surface area contributed by atoms with Gasteiger partial charge < -0.3 is 14.4 Å². The van der Waals surface area contributed by atoms with Gasteiger partial charge in [-0.15, -0.1) is 22.7 Å². The quantitative estimate of drug-likeness (QED) is 0.0551. The van der Waals surface area contributed by atoms with E-state index in [-0.39, 0.29) is 5.97 Å². The number of hydrogen-bond acceptors (Lipinski definition) is 9. The first kappa shape index (κ1) is 38.0. The second-order valence-electron chi connectivity index (χ2n) is 13.7. The Balaban J connectivity index is 0.915. The Hall–Kier alpha value is -5.87. The number of carbonyl (C=O) groups excluding carboxylic acids is 1. The summed E-state index contributed by atoms with van der Waals surface area (Å²) < 4.78 is 20.7. The van der Waals surface area contributed by atoms with Crippen LogP contribution in [0.25, 0.3) is 52.8 Å². The van der Waals surface area contributed by atoms with E-state index in [2.05, 4.69) is 133 Å². The van der Waals surface area contributed by atoms with Crippen molar-refractivity contribution in [1.29, 1.82) is 0 Å². The van der Waals surface area contributed by atoms with Gasteiger partial charge in [0.15, 0.2) is 0 Å². The summed E-state index contributed by atoms with van der Waals surface area (Å²) in [5, 5.41) is 0. The van der Waals surface area contributed by atoms with Crippen LogP contribution in [0.15, 0.2) is 158 Å². The lowest BCUT2D eigenvalue weighted by Gasteiger charge is -2.25. The summed E-state index contributed by atoms with van der Waals surface area (Å²) in [7, 11) is 0. The number of anilines is 3. The molecule has 0 N–H and O–H groups in total. The number of aromatic nitrogens is 2. The normalized spacial score (nSPS) is 11.1. The van der Waals surface area contributed by atoms with Crippen molar-refractivity contribution in [3.63, 3.8) is 0 Å². The Labute approximate surface area is 345 Å². The summed E-state index contributed by atoms with van der Waals surface area (Å²) in [4.78, 5) is 18.5. The third kappa shape index (κ3) is 8.92. The molecule has 8 rings (SSSR count). The maximum absolute atomic E-state index is 11.5. The van der Waals surface area contributed by atoms with E-state index in [1.54, 1.807) is 29.6 Å². The van der Waals surface area contributed by atoms with Gasteiger partial charge in [0.25, 0.3) is 0 Å². The van der Waals surface area contributed by atoms with Crippen molar-refractivity contribution in [1.82, 2.24) is 8.75 Å². The molecular formula is C48H41N3O3S3. The summed E-state index contributed by atoms with van der Waals surface area (Å²) in [6.07, 6.45) is 3.82. The fraction of sp³-hybridized carbons (Fsp3) is 0.146. The Bertz CT molecular complexity index is 2540. The molecule has 9 heteroatoms. The molecule has 0 aliphatic carbocycles. The SMILES string of the molecule is C=C(C)C(=O)OCCCCCCOc1ccc(-c2ccc(-c3ccc(-c4ccc(-c5ccc(N(c6ccccc6)c6ccccc6)cc5)s4)c4nsnc34)s2)cc1. The van der Waals surface area contributed by atoms with Crippen LogP contribution in [0.1, 0.15) is 32.6 Å². The highest BCUT2D eigenvalue weighted by atomic mass is 32.1. The maximum atomic E-state index is 11.5. The monoisotopic (exact) mass is 803 g/mol. The zero-order valence-electron chi connectivity index (χ0n) is 31.6. The van der Waals surface area contributed by atoms with Gasteiger partial charge in [0, 0.05) is 53.3 Å². The van der Waals surface area contributed by atoms with Gasteiger partial charge in [-0.1, -0.05) is 67.2 Å². The lowest BCUT2D eigenvalue weighted by atomic mass is 10.1. The molecule has 0 atom stereocenters. The third-order valence-corrected chi connectivity index (χ3v) is 12.5. The van der Waals surface area contributed by atoms with Gasteiger partial charge in [0.1, 0.15) is 16.8 Å². The molecule has 0 bridgehead atoms. The van der Waals surface area contributed by atoms with Gasteiger partial charge >= 0.3 is 5.97 Å². The standard InChI is InChI=1S/C48H41N3O3S3/c1-33(2)48(52)54-32-12-4-3-11-31-53-39-23-19-35(20-24-39)43-28-30-45(56-43)41-26-25-40(46-47(41)50-57-49-46)44-29-27-42(55-44)34-17-21-38(22-18-34)51(36-13-7-5-8-14-36)37-15-9-6-10-16-37/h5-10,13-30H,1,3-4,11-12,31-32H2,2H3. The van der Waals surface area contributed by atoms with Crippen molar-refractivity contribution in [2.45, 2.75) is 32.6 Å². The number of benzene rings is 5. The van der Waals surface area contributed by atoms with E-state index in [1.807, 2.05) is 24.3 Å². The van der Waals surface area contributed by atoms with E-state index in [4.69, 9.17) is 18.2 Å². The smallest absolute Gasteiger partial charge is 0.333 e. The average Bonchev–Trinajstić information content (AvgIpc) is 4.06. The molecule has 0 fully saturated rings. The molecule has 3 aromatic heterocycles. The molecular weight excluding hydrogens is 763 g/mol. The highest BCUT2D eigenvalue weighted by Gasteiger charge is 2.18. The van der Waals surface area contributed by atoms with Gasteiger partial charge in [0.05, 0.1) is 24.9 Å². The zero-order chi connectivity index (χ0) is 39.0. The number of carbonyl (C=O) groups is 1. The first-order valence-electron chi connectivity index (χ1n) is 19.0. The van der Waals surface area contributed by atoms with E-state index in [9.17, 15) is 4.79 Å². The number of rotatable bonds is 16. The number of para-hydroxylation sites is 2. The van der Waals surface area contributed by atoms with E-state index in [0.29, 0.717) is 18.8 Å². The molecule has 0 saturated heterocycles. The summed E-state index contributed by atoms with van der Waals surface area (Å²) in [6, 6.07) is 51.2. The van der Waals surface area contributed by atoms with E-state index < -0.39 is 0 Å².